The Morgan fingerprint density at radius 2 is 2.30 bits per heavy atom. The minimum absolute atomic E-state index is 0.244. The topological polar surface area (TPSA) is 73.6 Å². The maximum atomic E-state index is 12.3. The van der Waals surface area contributed by atoms with Crippen molar-refractivity contribution in [1.29, 1.82) is 0 Å². The fourth-order valence-corrected chi connectivity index (χ4v) is 2.53. The Labute approximate surface area is 134 Å². The molecule has 1 amide bonds. The zero-order valence-corrected chi connectivity index (χ0v) is 13.3. The molecule has 0 saturated carbocycles. The number of hydrogen-bond acceptors (Lipinski definition) is 5. The molecule has 0 saturated heterocycles. The van der Waals surface area contributed by atoms with Crippen LogP contribution in [0.5, 0.6) is 5.75 Å². The largest absolute Gasteiger partial charge is 0.488 e. The number of nitrogens with zero attached hydrogens (tertiary/aromatic N) is 1. The Hall–Kier alpha value is -2.34. The van der Waals surface area contributed by atoms with Crippen LogP contribution < -0.4 is 10.1 Å². The van der Waals surface area contributed by atoms with Crippen molar-refractivity contribution in [3.8, 4) is 17.1 Å². The van der Waals surface area contributed by atoms with Gasteiger partial charge < -0.3 is 19.3 Å². The Morgan fingerprint density at radius 3 is 3.13 bits per heavy atom. The van der Waals surface area contributed by atoms with Crippen molar-refractivity contribution >= 4 is 5.91 Å². The molecule has 0 aliphatic carbocycles. The molecule has 3 rings (SSSR count). The summed E-state index contributed by atoms with van der Waals surface area (Å²) in [5, 5.41) is 6.78. The number of nitrogens with one attached hydrogen (secondary N) is 1. The van der Waals surface area contributed by atoms with Gasteiger partial charge in [-0.25, -0.2) is 0 Å². The first-order valence-electron chi connectivity index (χ1n) is 7.79. The van der Waals surface area contributed by atoms with Crippen LogP contribution in [0.1, 0.15) is 35.0 Å². The lowest BCUT2D eigenvalue weighted by Crippen LogP contribution is -2.27. The van der Waals surface area contributed by atoms with Crippen molar-refractivity contribution < 1.29 is 18.8 Å². The number of carbonyl (C=O) groups excluding carboxylic acids is 1. The van der Waals surface area contributed by atoms with Crippen LogP contribution >= 0.6 is 0 Å². The Balaban J connectivity index is 1.73. The fraction of sp³-hybridized carbons (Fsp3) is 0.412. The lowest BCUT2D eigenvalue weighted by atomic mass is 10.0. The summed E-state index contributed by atoms with van der Waals surface area (Å²) in [5.41, 5.74) is 2.93. The van der Waals surface area contributed by atoms with Crippen LogP contribution in [0.25, 0.3) is 11.3 Å². The van der Waals surface area contributed by atoms with Gasteiger partial charge in [-0.1, -0.05) is 16.8 Å². The fourth-order valence-electron chi connectivity index (χ4n) is 2.53. The molecule has 0 unspecified atom stereocenters. The summed E-state index contributed by atoms with van der Waals surface area (Å²) < 4.78 is 16.4. The highest BCUT2D eigenvalue weighted by Gasteiger charge is 2.28. The van der Waals surface area contributed by atoms with Crippen LogP contribution in [0.4, 0.5) is 0 Å². The number of hydrogen-bond donors (Lipinski definition) is 1. The molecule has 1 aliphatic rings. The average Bonchev–Trinajstić information content (AvgIpc) is 2.99. The monoisotopic (exact) mass is 316 g/mol. The number of rotatable bonds is 6. The number of benzene rings is 1. The quantitative estimate of drug-likeness (QED) is 0.830. The molecule has 0 radical (unpaired) electrons. The van der Waals surface area contributed by atoms with Gasteiger partial charge in [0.05, 0.1) is 11.1 Å². The molecule has 1 N–H and O–H groups in total. The van der Waals surface area contributed by atoms with E-state index in [0.29, 0.717) is 36.8 Å². The summed E-state index contributed by atoms with van der Waals surface area (Å²) in [5.74, 6) is 1.13. The lowest BCUT2D eigenvalue weighted by molar-refractivity contribution is 0.0933. The van der Waals surface area contributed by atoms with Gasteiger partial charge >= 0.3 is 0 Å². The van der Waals surface area contributed by atoms with Crippen molar-refractivity contribution in [2.24, 2.45) is 0 Å². The van der Waals surface area contributed by atoms with E-state index in [4.69, 9.17) is 14.0 Å². The van der Waals surface area contributed by atoms with E-state index in [1.54, 1.807) is 0 Å². The maximum absolute atomic E-state index is 12.3. The molecule has 0 fully saturated rings. The minimum Gasteiger partial charge on any atom is -0.488 e. The van der Waals surface area contributed by atoms with E-state index in [1.165, 1.54) is 0 Å². The second-order valence-electron chi connectivity index (χ2n) is 5.43. The number of carbonyl (C=O) groups is 1. The molecule has 2 heterocycles. The molecular formula is C17H20N2O4. The summed E-state index contributed by atoms with van der Waals surface area (Å²) in [4.78, 5) is 12.3. The van der Waals surface area contributed by atoms with Crippen molar-refractivity contribution in [2.45, 2.75) is 26.9 Å². The van der Waals surface area contributed by atoms with Gasteiger partial charge in [-0.15, -0.1) is 0 Å². The zero-order valence-electron chi connectivity index (χ0n) is 13.3. The van der Waals surface area contributed by atoms with Gasteiger partial charge in [-0.05, 0) is 32.4 Å². The number of amides is 1. The predicted molar refractivity (Wildman–Crippen MR) is 84.5 cm³/mol. The maximum Gasteiger partial charge on any atom is 0.273 e. The Kier molecular flexibility index (Phi) is 4.62. The molecule has 1 aromatic heterocycles. The normalized spacial score (nSPS) is 12.3. The van der Waals surface area contributed by atoms with Crippen molar-refractivity contribution in [3.05, 3.63) is 35.0 Å². The van der Waals surface area contributed by atoms with E-state index in [9.17, 15) is 4.79 Å². The second kappa shape index (κ2) is 6.83. The highest BCUT2D eigenvalue weighted by atomic mass is 16.5. The minimum atomic E-state index is -0.244. The highest BCUT2D eigenvalue weighted by molar-refractivity contribution is 5.95. The first-order valence-corrected chi connectivity index (χ1v) is 7.79. The summed E-state index contributed by atoms with van der Waals surface area (Å²) in [6, 6.07) is 5.86. The molecule has 0 bridgehead atoms. The van der Waals surface area contributed by atoms with Crippen LogP contribution in [-0.2, 0) is 11.3 Å². The van der Waals surface area contributed by atoms with Crippen LogP contribution in [0, 0.1) is 6.92 Å². The lowest BCUT2D eigenvalue weighted by Gasteiger charge is -2.16. The van der Waals surface area contributed by atoms with Gasteiger partial charge in [0.15, 0.2) is 11.5 Å². The van der Waals surface area contributed by atoms with Crippen LogP contribution in [-0.4, -0.2) is 30.8 Å². The van der Waals surface area contributed by atoms with Crippen LogP contribution in [0.3, 0.4) is 0 Å². The molecule has 23 heavy (non-hydrogen) atoms. The third kappa shape index (κ3) is 3.22. The van der Waals surface area contributed by atoms with E-state index < -0.39 is 0 Å². The van der Waals surface area contributed by atoms with Crippen molar-refractivity contribution in [2.75, 3.05) is 19.8 Å². The summed E-state index contributed by atoms with van der Waals surface area (Å²) >= 11 is 0. The molecular weight excluding hydrogens is 296 g/mol. The molecule has 0 spiro atoms. The average molecular weight is 316 g/mol. The smallest absolute Gasteiger partial charge is 0.273 e. The molecule has 1 aliphatic heterocycles. The molecule has 2 aromatic rings. The first kappa shape index (κ1) is 15.6. The number of ether oxygens (including phenoxy) is 2. The van der Waals surface area contributed by atoms with E-state index in [1.807, 2.05) is 32.0 Å². The van der Waals surface area contributed by atoms with Gasteiger partial charge in [0.1, 0.15) is 12.4 Å². The Bertz CT molecular complexity index is 709. The van der Waals surface area contributed by atoms with Gasteiger partial charge in [-0.2, -0.15) is 0 Å². The Morgan fingerprint density at radius 1 is 1.43 bits per heavy atom. The predicted octanol–water partition coefficient (Wildman–Crippen LogP) is 2.70. The van der Waals surface area contributed by atoms with Crippen molar-refractivity contribution in [3.63, 3.8) is 0 Å². The van der Waals surface area contributed by atoms with E-state index in [-0.39, 0.29) is 12.5 Å². The summed E-state index contributed by atoms with van der Waals surface area (Å²) in [6.07, 6.45) is 0.762. The number of aryl methyl sites for hydroxylation is 1. The number of aromatic nitrogens is 1. The highest BCUT2D eigenvalue weighted by Crippen LogP contribution is 2.39. The molecule has 6 heteroatoms. The standard InChI is InChI=1S/C17H20N2O4/c1-3-21-8-4-7-18-17(20)15-13-10-22-14-6-5-11(2)9-12(14)16(13)23-19-15/h5-6,9H,3-4,7-8,10H2,1-2H3,(H,18,20). The van der Waals surface area contributed by atoms with E-state index in [2.05, 4.69) is 10.5 Å². The molecule has 0 atom stereocenters. The zero-order chi connectivity index (χ0) is 16.2. The molecule has 6 nitrogen and oxygen atoms in total. The van der Waals surface area contributed by atoms with Gasteiger partial charge in [0, 0.05) is 19.8 Å². The second-order valence-corrected chi connectivity index (χ2v) is 5.43. The van der Waals surface area contributed by atoms with Crippen LogP contribution in [0.2, 0.25) is 0 Å². The van der Waals surface area contributed by atoms with Gasteiger partial charge in [0.2, 0.25) is 0 Å². The summed E-state index contributed by atoms with van der Waals surface area (Å²) in [6.45, 7) is 6.08. The van der Waals surface area contributed by atoms with E-state index in [0.717, 1.165) is 23.3 Å². The summed E-state index contributed by atoms with van der Waals surface area (Å²) in [7, 11) is 0. The first-order chi connectivity index (χ1) is 11.2. The molecule has 122 valence electrons. The van der Waals surface area contributed by atoms with Crippen molar-refractivity contribution in [1.82, 2.24) is 10.5 Å². The van der Waals surface area contributed by atoms with Crippen LogP contribution in [0.15, 0.2) is 22.7 Å². The third-order valence-electron chi connectivity index (χ3n) is 3.71. The van der Waals surface area contributed by atoms with Gasteiger partial charge in [0.25, 0.3) is 5.91 Å². The van der Waals surface area contributed by atoms with Gasteiger partial charge in [-0.3, -0.25) is 4.79 Å². The third-order valence-corrected chi connectivity index (χ3v) is 3.71. The molecule has 1 aromatic carbocycles. The number of fused-ring (bicyclic) bond motifs is 3. The SMILES string of the molecule is CCOCCCNC(=O)c1noc2c1COc1ccc(C)cc1-2. The van der Waals surface area contributed by atoms with E-state index >= 15 is 0 Å².